The van der Waals surface area contributed by atoms with Gasteiger partial charge in [-0.3, -0.25) is 9.48 Å². The predicted molar refractivity (Wildman–Crippen MR) is 89.8 cm³/mol. The number of amides is 1. The summed E-state index contributed by atoms with van der Waals surface area (Å²) in [6.45, 7) is 0.723. The molecule has 2 aromatic rings. The van der Waals surface area contributed by atoms with E-state index in [1.165, 1.54) is 11.6 Å². The molecule has 1 aliphatic rings. The monoisotopic (exact) mass is 330 g/mol. The van der Waals surface area contributed by atoms with Gasteiger partial charge in [0.25, 0.3) is 0 Å². The lowest BCUT2D eigenvalue weighted by atomic mass is 9.93. The smallest absolute Gasteiger partial charge is 0.243 e. The van der Waals surface area contributed by atoms with E-state index in [-0.39, 0.29) is 24.3 Å². The summed E-state index contributed by atoms with van der Waals surface area (Å²) in [6.07, 6.45) is 4.98. The molecular weight excluding hydrogens is 307 g/mol. The minimum atomic E-state index is -0.192. The van der Waals surface area contributed by atoms with E-state index in [1.807, 2.05) is 12.3 Å². The number of benzene rings is 1. The second kappa shape index (κ2) is 7.13. The van der Waals surface area contributed by atoms with E-state index in [2.05, 4.69) is 10.4 Å². The molecule has 1 atom stereocenters. The molecule has 24 heavy (non-hydrogen) atoms. The Hall–Kier alpha value is -2.21. The number of halogens is 1. The van der Waals surface area contributed by atoms with Crippen LogP contribution in [-0.2, 0) is 24.3 Å². The summed E-state index contributed by atoms with van der Waals surface area (Å²) in [6, 6.07) is 6.91. The molecule has 0 fully saturated rings. The van der Waals surface area contributed by atoms with Gasteiger partial charge in [-0.1, -0.05) is 18.2 Å². The highest BCUT2D eigenvalue weighted by Gasteiger charge is 2.24. The molecule has 1 aliphatic carbocycles. The number of aryl methyl sites for hydroxylation is 1. The van der Waals surface area contributed by atoms with Crippen LogP contribution < -0.4 is 5.32 Å². The first kappa shape index (κ1) is 16.6. The van der Waals surface area contributed by atoms with Gasteiger partial charge in [-0.2, -0.15) is 5.10 Å². The van der Waals surface area contributed by atoms with E-state index >= 15 is 0 Å². The number of carbonyl (C=O) groups is 1. The van der Waals surface area contributed by atoms with Gasteiger partial charge in [0.1, 0.15) is 12.4 Å². The van der Waals surface area contributed by atoms with Crippen molar-refractivity contribution in [3.63, 3.8) is 0 Å². The van der Waals surface area contributed by atoms with Crippen LogP contribution >= 0.6 is 0 Å². The third kappa shape index (κ3) is 3.64. The van der Waals surface area contributed by atoms with Crippen LogP contribution in [0, 0.1) is 5.82 Å². The minimum Gasteiger partial charge on any atom is -0.347 e. The Morgan fingerprint density at radius 1 is 1.42 bits per heavy atom. The lowest BCUT2D eigenvalue weighted by Gasteiger charge is -2.22. The molecule has 0 aliphatic heterocycles. The lowest BCUT2D eigenvalue weighted by molar-refractivity contribution is -0.129. The van der Waals surface area contributed by atoms with Crippen LogP contribution in [0.5, 0.6) is 0 Å². The zero-order valence-electron chi connectivity index (χ0n) is 14.1. The molecule has 3 rings (SSSR count). The van der Waals surface area contributed by atoms with Crippen LogP contribution in [0.25, 0.3) is 0 Å². The highest BCUT2D eigenvalue weighted by molar-refractivity contribution is 5.75. The van der Waals surface area contributed by atoms with Gasteiger partial charge in [0.05, 0.1) is 11.7 Å². The Balaban J connectivity index is 1.71. The summed E-state index contributed by atoms with van der Waals surface area (Å²) < 4.78 is 15.5. The van der Waals surface area contributed by atoms with Gasteiger partial charge in [0, 0.05) is 32.4 Å². The number of hydrogen-bond acceptors (Lipinski definition) is 3. The molecule has 1 aromatic carbocycles. The van der Waals surface area contributed by atoms with Crippen LogP contribution in [0.1, 0.15) is 35.7 Å². The topological polar surface area (TPSA) is 50.2 Å². The standard InChI is InChI=1S/C18H23FN4O/c1-22(2)17(24)12-23-11-14-7-5-9-16(18(14)21-23)20-10-13-6-3-4-8-15(13)19/h3-4,6,8,11,16,20H,5,7,9-10,12H2,1-2H3/t16-/m1/s1. The normalized spacial score (nSPS) is 16.7. The van der Waals surface area contributed by atoms with E-state index in [9.17, 15) is 9.18 Å². The third-order valence-corrected chi connectivity index (χ3v) is 4.43. The van der Waals surface area contributed by atoms with Gasteiger partial charge in [0.2, 0.25) is 5.91 Å². The number of rotatable bonds is 5. The van der Waals surface area contributed by atoms with E-state index in [1.54, 1.807) is 35.8 Å². The average Bonchev–Trinajstić information content (AvgIpc) is 2.97. The summed E-state index contributed by atoms with van der Waals surface area (Å²) in [5, 5.41) is 8.02. The van der Waals surface area contributed by atoms with Crippen molar-refractivity contribution >= 4 is 5.91 Å². The van der Waals surface area contributed by atoms with E-state index in [4.69, 9.17) is 0 Å². The zero-order chi connectivity index (χ0) is 17.1. The molecule has 1 amide bonds. The number of fused-ring (bicyclic) bond motifs is 1. The van der Waals surface area contributed by atoms with Crippen molar-refractivity contribution < 1.29 is 9.18 Å². The van der Waals surface area contributed by atoms with Gasteiger partial charge >= 0.3 is 0 Å². The van der Waals surface area contributed by atoms with Crippen LogP contribution in [-0.4, -0.2) is 34.7 Å². The Morgan fingerprint density at radius 3 is 2.96 bits per heavy atom. The first-order valence-electron chi connectivity index (χ1n) is 8.28. The first-order valence-corrected chi connectivity index (χ1v) is 8.28. The Bertz CT molecular complexity index is 726. The van der Waals surface area contributed by atoms with Gasteiger partial charge in [-0.05, 0) is 30.9 Å². The number of likely N-dealkylation sites (N-methyl/N-ethyl adjacent to an activating group) is 1. The molecule has 0 saturated heterocycles. The van der Waals surface area contributed by atoms with Crippen LogP contribution in [0.2, 0.25) is 0 Å². The number of aromatic nitrogens is 2. The molecular formula is C18H23FN4O. The summed E-state index contributed by atoms with van der Waals surface area (Å²) in [5.41, 5.74) is 2.83. The SMILES string of the molecule is CN(C)C(=O)Cn1cc2c(n1)[C@H](NCc1ccccc1F)CCC2. The molecule has 0 spiro atoms. The minimum absolute atomic E-state index is 0.0192. The van der Waals surface area contributed by atoms with Gasteiger partial charge < -0.3 is 10.2 Å². The maximum atomic E-state index is 13.8. The van der Waals surface area contributed by atoms with Crippen LogP contribution in [0.15, 0.2) is 30.5 Å². The maximum Gasteiger partial charge on any atom is 0.243 e. The Morgan fingerprint density at radius 2 is 2.21 bits per heavy atom. The van der Waals surface area contributed by atoms with E-state index in [0.717, 1.165) is 25.0 Å². The highest BCUT2D eigenvalue weighted by Crippen LogP contribution is 2.29. The largest absolute Gasteiger partial charge is 0.347 e. The number of hydrogen-bond donors (Lipinski definition) is 1. The summed E-state index contributed by atoms with van der Waals surface area (Å²) in [4.78, 5) is 13.4. The van der Waals surface area contributed by atoms with Gasteiger partial charge in [0.15, 0.2) is 0 Å². The molecule has 5 nitrogen and oxygen atoms in total. The van der Waals surface area contributed by atoms with Crippen molar-refractivity contribution in [1.82, 2.24) is 20.0 Å². The van der Waals surface area contributed by atoms with Gasteiger partial charge in [-0.25, -0.2) is 4.39 Å². The van der Waals surface area contributed by atoms with Crippen LogP contribution in [0.4, 0.5) is 4.39 Å². The summed E-state index contributed by atoms with van der Waals surface area (Å²) in [5.74, 6) is -0.172. The van der Waals surface area contributed by atoms with Crippen molar-refractivity contribution in [1.29, 1.82) is 0 Å². The summed E-state index contributed by atoms with van der Waals surface area (Å²) >= 11 is 0. The quantitative estimate of drug-likeness (QED) is 0.915. The van der Waals surface area contributed by atoms with Crippen molar-refractivity contribution in [2.75, 3.05) is 14.1 Å². The Labute approximate surface area is 141 Å². The van der Waals surface area contributed by atoms with Crippen LogP contribution in [0.3, 0.4) is 0 Å². The molecule has 1 heterocycles. The maximum absolute atomic E-state index is 13.8. The molecule has 6 heteroatoms. The molecule has 0 radical (unpaired) electrons. The predicted octanol–water partition coefficient (Wildman–Crippen LogP) is 2.28. The average molecular weight is 330 g/mol. The van der Waals surface area contributed by atoms with Crippen molar-refractivity contribution in [3.8, 4) is 0 Å². The molecule has 0 unspecified atom stereocenters. The van der Waals surface area contributed by atoms with Crippen molar-refractivity contribution in [3.05, 3.63) is 53.1 Å². The van der Waals surface area contributed by atoms with E-state index < -0.39 is 0 Å². The molecule has 0 bridgehead atoms. The second-order valence-corrected chi connectivity index (χ2v) is 6.44. The fraction of sp³-hybridized carbons (Fsp3) is 0.444. The molecule has 0 saturated carbocycles. The molecule has 1 N–H and O–H groups in total. The fourth-order valence-electron chi connectivity index (χ4n) is 3.03. The second-order valence-electron chi connectivity index (χ2n) is 6.44. The molecule has 1 aromatic heterocycles. The number of carbonyl (C=O) groups excluding carboxylic acids is 1. The lowest BCUT2D eigenvalue weighted by Crippen LogP contribution is -2.27. The molecule has 128 valence electrons. The van der Waals surface area contributed by atoms with E-state index in [0.29, 0.717) is 12.1 Å². The third-order valence-electron chi connectivity index (χ3n) is 4.43. The number of nitrogens with zero attached hydrogens (tertiary/aromatic N) is 3. The fourth-order valence-corrected chi connectivity index (χ4v) is 3.03. The van der Waals surface area contributed by atoms with Crippen molar-refractivity contribution in [2.24, 2.45) is 0 Å². The van der Waals surface area contributed by atoms with Crippen molar-refractivity contribution in [2.45, 2.75) is 38.4 Å². The Kier molecular flexibility index (Phi) is 4.94. The zero-order valence-corrected chi connectivity index (χ0v) is 14.1. The van der Waals surface area contributed by atoms with Gasteiger partial charge in [-0.15, -0.1) is 0 Å². The summed E-state index contributed by atoms with van der Waals surface area (Å²) in [7, 11) is 3.48. The first-order chi connectivity index (χ1) is 11.5. The number of nitrogens with one attached hydrogen (secondary N) is 1. The highest BCUT2D eigenvalue weighted by atomic mass is 19.1.